The molecule has 3 aromatic rings. The van der Waals surface area contributed by atoms with E-state index in [1.807, 2.05) is 13.8 Å². The van der Waals surface area contributed by atoms with Gasteiger partial charge in [0.1, 0.15) is 23.7 Å². The van der Waals surface area contributed by atoms with Crippen molar-refractivity contribution in [1.82, 2.24) is 9.97 Å². The van der Waals surface area contributed by atoms with Gasteiger partial charge in [0.15, 0.2) is 0 Å². The Balaban J connectivity index is 1.72. The summed E-state index contributed by atoms with van der Waals surface area (Å²) >= 11 is 0. The molecule has 0 bridgehead atoms. The highest BCUT2D eigenvalue weighted by atomic mass is 32.2. The average molecular weight is 333 g/mol. The summed E-state index contributed by atoms with van der Waals surface area (Å²) in [5.74, 6) is 1.26. The zero-order valence-electron chi connectivity index (χ0n) is 12.8. The summed E-state index contributed by atoms with van der Waals surface area (Å²) in [6.45, 7) is 4.21. The highest BCUT2D eigenvalue weighted by Crippen LogP contribution is 2.27. The van der Waals surface area contributed by atoms with Crippen molar-refractivity contribution >= 4 is 27.7 Å². The second-order valence-corrected chi connectivity index (χ2v) is 6.63. The molecule has 120 valence electrons. The summed E-state index contributed by atoms with van der Waals surface area (Å²) < 4.78 is 31.3. The molecule has 0 aliphatic rings. The van der Waals surface area contributed by atoms with Crippen LogP contribution in [-0.4, -0.2) is 26.5 Å². The number of rotatable bonds is 5. The number of aryl methyl sites for hydroxylation is 2. The quantitative estimate of drug-likeness (QED) is 0.776. The average Bonchev–Trinajstić information content (AvgIpc) is 2.83. The number of aromatic nitrogens is 2. The Labute approximate surface area is 135 Å². The van der Waals surface area contributed by atoms with Gasteiger partial charge in [0.25, 0.3) is 0 Å². The van der Waals surface area contributed by atoms with Crippen molar-refractivity contribution in [2.75, 3.05) is 17.6 Å². The van der Waals surface area contributed by atoms with E-state index in [0.717, 1.165) is 16.7 Å². The molecule has 0 amide bonds. The minimum Gasteiger partial charge on any atom is -0.443 e. The number of hydrogen-bond acceptors (Lipinski definition) is 5. The second kappa shape index (κ2) is 6.45. The number of nitrogens with one attached hydrogen (secondary N) is 1. The number of nitrogens with zero attached hydrogens (tertiary/aromatic N) is 2. The van der Waals surface area contributed by atoms with Crippen LogP contribution in [0.2, 0.25) is 0 Å². The van der Waals surface area contributed by atoms with Gasteiger partial charge in [-0.3, -0.25) is 4.21 Å². The number of halogens is 1. The van der Waals surface area contributed by atoms with E-state index in [0.29, 0.717) is 18.1 Å². The smallest absolute Gasteiger partial charge is 0.231 e. The third kappa shape index (κ3) is 3.10. The van der Waals surface area contributed by atoms with Crippen molar-refractivity contribution in [2.24, 2.45) is 0 Å². The zero-order valence-corrected chi connectivity index (χ0v) is 13.6. The van der Waals surface area contributed by atoms with E-state index >= 15 is 0 Å². The number of furan rings is 1. The van der Waals surface area contributed by atoms with Crippen LogP contribution in [0, 0.1) is 19.7 Å². The summed E-state index contributed by atoms with van der Waals surface area (Å²) in [5.41, 5.74) is 1.49. The Morgan fingerprint density at radius 2 is 2.04 bits per heavy atom. The van der Waals surface area contributed by atoms with Crippen LogP contribution in [0.3, 0.4) is 0 Å². The van der Waals surface area contributed by atoms with Gasteiger partial charge < -0.3 is 9.73 Å². The molecule has 0 unspecified atom stereocenters. The fourth-order valence-corrected chi connectivity index (χ4v) is 3.34. The number of anilines is 1. The van der Waals surface area contributed by atoms with Gasteiger partial charge in [0.05, 0.1) is 21.1 Å². The molecule has 1 aromatic carbocycles. The summed E-state index contributed by atoms with van der Waals surface area (Å²) in [4.78, 5) is 8.53. The van der Waals surface area contributed by atoms with Gasteiger partial charge in [0.2, 0.25) is 5.71 Å². The predicted molar refractivity (Wildman–Crippen MR) is 87.4 cm³/mol. The Morgan fingerprint density at radius 3 is 2.83 bits per heavy atom. The van der Waals surface area contributed by atoms with Crippen molar-refractivity contribution in [2.45, 2.75) is 18.7 Å². The van der Waals surface area contributed by atoms with Gasteiger partial charge in [-0.15, -0.1) is 0 Å². The van der Waals surface area contributed by atoms with Crippen LogP contribution in [0.5, 0.6) is 0 Å². The van der Waals surface area contributed by atoms with E-state index in [2.05, 4.69) is 15.3 Å². The van der Waals surface area contributed by atoms with Crippen LogP contribution in [-0.2, 0) is 10.8 Å². The normalized spacial score (nSPS) is 12.5. The minimum absolute atomic E-state index is 0.220. The molecule has 0 aliphatic carbocycles. The van der Waals surface area contributed by atoms with Gasteiger partial charge in [-0.25, -0.2) is 14.4 Å². The van der Waals surface area contributed by atoms with Crippen LogP contribution in [0.25, 0.3) is 11.1 Å². The summed E-state index contributed by atoms with van der Waals surface area (Å²) in [6.07, 6.45) is 1.42. The molecule has 1 N–H and O–H groups in total. The summed E-state index contributed by atoms with van der Waals surface area (Å²) in [7, 11) is -1.41. The lowest BCUT2D eigenvalue weighted by Gasteiger charge is -2.07. The first-order valence-corrected chi connectivity index (χ1v) is 8.47. The molecule has 0 spiro atoms. The Morgan fingerprint density at radius 1 is 1.26 bits per heavy atom. The van der Waals surface area contributed by atoms with Crippen molar-refractivity contribution in [1.29, 1.82) is 0 Å². The van der Waals surface area contributed by atoms with Crippen LogP contribution in [0.4, 0.5) is 10.2 Å². The monoisotopic (exact) mass is 333 g/mol. The Hall–Kier alpha value is -2.28. The molecule has 23 heavy (non-hydrogen) atoms. The highest BCUT2D eigenvalue weighted by molar-refractivity contribution is 7.85. The maximum Gasteiger partial charge on any atom is 0.231 e. The first kappa shape index (κ1) is 15.6. The van der Waals surface area contributed by atoms with Crippen molar-refractivity contribution in [3.63, 3.8) is 0 Å². The van der Waals surface area contributed by atoms with E-state index < -0.39 is 16.6 Å². The number of fused-ring (bicyclic) bond motifs is 1. The van der Waals surface area contributed by atoms with E-state index in [1.165, 1.54) is 18.5 Å². The third-order valence-corrected chi connectivity index (χ3v) is 5.02. The SMILES string of the molecule is Cc1oc2ncnc(NCC[S@@](=O)c3ccccc3F)c2c1C. The van der Waals surface area contributed by atoms with Crippen LogP contribution in [0.15, 0.2) is 39.9 Å². The molecule has 5 nitrogen and oxygen atoms in total. The second-order valence-electron chi connectivity index (χ2n) is 5.09. The number of hydrogen-bond donors (Lipinski definition) is 1. The van der Waals surface area contributed by atoms with Gasteiger partial charge in [-0.05, 0) is 26.0 Å². The zero-order chi connectivity index (χ0) is 16.4. The Kier molecular flexibility index (Phi) is 4.38. The van der Waals surface area contributed by atoms with Crippen molar-refractivity contribution in [3.05, 3.63) is 47.7 Å². The minimum atomic E-state index is -1.41. The molecule has 2 aromatic heterocycles. The molecule has 0 saturated heterocycles. The fraction of sp³-hybridized carbons (Fsp3) is 0.250. The molecule has 1 atom stereocenters. The summed E-state index contributed by atoms with van der Waals surface area (Å²) in [6, 6.07) is 6.11. The lowest BCUT2D eigenvalue weighted by Crippen LogP contribution is -2.13. The molecule has 2 heterocycles. The lowest BCUT2D eigenvalue weighted by atomic mass is 10.2. The van der Waals surface area contributed by atoms with Crippen molar-refractivity contribution < 1.29 is 13.0 Å². The fourth-order valence-electron chi connectivity index (χ4n) is 2.32. The lowest BCUT2D eigenvalue weighted by molar-refractivity contribution is 0.564. The van der Waals surface area contributed by atoms with Crippen LogP contribution < -0.4 is 5.32 Å². The molecular formula is C16H16FN3O2S. The molecule has 7 heteroatoms. The summed E-state index contributed by atoms with van der Waals surface area (Å²) in [5, 5.41) is 3.96. The molecule has 0 aliphatic heterocycles. The van der Waals surface area contributed by atoms with Crippen molar-refractivity contribution in [3.8, 4) is 0 Å². The predicted octanol–water partition coefficient (Wildman–Crippen LogP) is 3.20. The maximum absolute atomic E-state index is 13.6. The molecule has 0 saturated carbocycles. The molecule has 0 fully saturated rings. The van der Waals surface area contributed by atoms with E-state index in [1.54, 1.807) is 12.1 Å². The topological polar surface area (TPSA) is 68.0 Å². The van der Waals surface area contributed by atoms with E-state index in [-0.39, 0.29) is 10.6 Å². The largest absolute Gasteiger partial charge is 0.443 e. The highest BCUT2D eigenvalue weighted by Gasteiger charge is 2.14. The molecular weight excluding hydrogens is 317 g/mol. The first-order chi connectivity index (χ1) is 11.1. The van der Waals surface area contributed by atoms with Crippen LogP contribution in [0.1, 0.15) is 11.3 Å². The van der Waals surface area contributed by atoms with Gasteiger partial charge in [-0.1, -0.05) is 12.1 Å². The van der Waals surface area contributed by atoms with Gasteiger partial charge in [0, 0.05) is 17.9 Å². The van der Waals surface area contributed by atoms with Gasteiger partial charge in [-0.2, -0.15) is 0 Å². The third-order valence-electron chi connectivity index (χ3n) is 3.63. The molecule has 3 rings (SSSR count). The number of benzene rings is 1. The Bertz CT molecular complexity index is 879. The maximum atomic E-state index is 13.6. The molecule has 0 radical (unpaired) electrons. The van der Waals surface area contributed by atoms with Gasteiger partial charge >= 0.3 is 0 Å². The van der Waals surface area contributed by atoms with Crippen LogP contribution >= 0.6 is 0 Å². The van der Waals surface area contributed by atoms with E-state index in [9.17, 15) is 8.60 Å². The van der Waals surface area contributed by atoms with E-state index in [4.69, 9.17) is 4.42 Å². The standard InChI is InChI=1S/C16H16FN3O2S/c1-10-11(2)22-16-14(10)15(19-9-20-16)18-7-8-23(21)13-6-4-3-5-12(13)17/h3-6,9H,7-8H2,1-2H3,(H,18,19,20)/t23-/m1/s1. The first-order valence-electron chi connectivity index (χ1n) is 7.15.